The molecule has 0 saturated heterocycles. The Morgan fingerprint density at radius 3 is 2.80 bits per heavy atom. The van der Waals surface area contributed by atoms with Crippen LogP contribution >= 0.6 is 0 Å². The maximum atomic E-state index is 9.42. The Morgan fingerprint density at radius 2 is 2.13 bits per heavy atom. The highest BCUT2D eigenvalue weighted by molar-refractivity contribution is 5.63. The third-order valence-corrected chi connectivity index (χ3v) is 2.06. The second-order valence-electron chi connectivity index (χ2n) is 2.98. The minimum Gasteiger partial charge on any atom is -0.504 e. The lowest BCUT2D eigenvalue weighted by molar-refractivity contribution is 0.373. The zero-order chi connectivity index (χ0) is 10.7. The summed E-state index contributed by atoms with van der Waals surface area (Å²) in [5.74, 6) is 0.557. The van der Waals surface area contributed by atoms with Gasteiger partial charge in [0, 0.05) is 11.8 Å². The van der Waals surface area contributed by atoms with Gasteiger partial charge in [0.05, 0.1) is 12.8 Å². The zero-order valence-corrected chi connectivity index (χ0v) is 8.21. The number of phenolic OH excluding ortho intramolecular Hbond substituents is 1. The molecule has 1 N–H and O–H groups in total. The molecular formula is C11H10N2O2. The van der Waals surface area contributed by atoms with E-state index in [0.717, 1.165) is 11.3 Å². The smallest absolute Gasteiger partial charge is 0.161 e. The minimum atomic E-state index is 0.121. The predicted octanol–water partition coefficient (Wildman–Crippen LogP) is 1.86. The molecule has 1 aromatic heterocycles. The Kier molecular flexibility index (Phi) is 2.49. The average Bonchev–Trinajstić information content (AvgIpc) is 2.31. The Balaban J connectivity index is 2.46. The van der Waals surface area contributed by atoms with E-state index < -0.39 is 0 Å². The van der Waals surface area contributed by atoms with Crippen molar-refractivity contribution in [2.45, 2.75) is 0 Å². The van der Waals surface area contributed by atoms with Gasteiger partial charge < -0.3 is 9.84 Å². The Labute approximate surface area is 87.2 Å². The summed E-state index contributed by atoms with van der Waals surface area (Å²) in [6.07, 6.45) is 3.15. The van der Waals surface area contributed by atoms with E-state index in [0.29, 0.717) is 5.75 Å². The molecule has 0 radical (unpaired) electrons. The first-order valence-electron chi connectivity index (χ1n) is 4.44. The number of hydrogen-bond donors (Lipinski definition) is 1. The molecule has 0 spiro atoms. The second-order valence-corrected chi connectivity index (χ2v) is 2.98. The van der Waals surface area contributed by atoms with E-state index in [1.54, 1.807) is 30.5 Å². The van der Waals surface area contributed by atoms with Gasteiger partial charge in [0.15, 0.2) is 11.5 Å². The quantitative estimate of drug-likeness (QED) is 0.807. The molecule has 1 heterocycles. The average molecular weight is 202 g/mol. The first-order valence-corrected chi connectivity index (χ1v) is 4.44. The van der Waals surface area contributed by atoms with Crippen LogP contribution < -0.4 is 4.74 Å². The van der Waals surface area contributed by atoms with Crippen LogP contribution in [0.1, 0.15) is 0 Å². The molecule has 1 aromatic carbocycles. The van der Waals surface area contributed by atoms with Crippen LogP contribution in [0.4, 0.5) is 0 Å². The number of aromatic nitrogens is 2. The van der Waals surface area contributed by atoms with E-state index in [1.807, 2.05) is 0 Å². The molecule has 0 aliphatic rings. The summed E-state index contributed by atoms with van der Waals surface area (Å²) in [6, 6.07) is 6.89. The summed E-state index contributed by atoms with van der Waals surface area (Å²) in [5, 5.41) is 9.42. The van der Waals surface area contributed by atoms with Crippen LogP contribution in [0.2, 0.25) is 0 Å². The number of phenols is 1. The number of methoxy groups -OCH3 is 1. The fourth-order valence-electron chi connectivity index (χ4n) is 1.30. The topological polar surface area (TPSA) is 55.2 Å². The van der Waals surface area contributed by atoms with Crippen molar-refractivity contribution in [1.82, 2.24) is 9.97 Å². The molecule has 0 amide bonds. The van der Waals surface area contributed by atoms with E-state index in [1.165, 1.54) is 13.4 Å². The Morgan fingerprint density at radius 1 is 1.27 bits per heavy atom. The molecule has 4 heteroatoms. The molecule has 2 aromatic rings. The number of benzene rings is 1. The molecule has 0 aliphatic heterocycles. The number of ether oxygens (including phenoxy) is 1. The van der Waals surface area contributed by atoms with Crippen molar-refractivity contribution in [3.63, 3.8) is 0 Å². The van der Waals surface area contributed by atoms with E-state index in [-0.39, 0.29) is 5.75 Å². The van der Waals surface area contributed by atoms with Gasteiger partial charge in [-0.2, -0.15) is 0 Å². The lowest BCUT2D eigenvalue weighted by Gasteiger charge is -2.05. The van der Waals surface area contributed by atoms with Crippen LogP contribution in [0.3, 0.4) is 0 Å². The fourth-order valence-corrected chi connectivity index (χ4v) is 1.30. The van der Waals surface area contributed by atoms with Crippen LogP contribution in [-0.2, 0) is 0 Å². The van der Waals surface area contributed by atoms with Gasteiger partial charge in [-0.1, -0.05) is 0 Å². The van der Waals surface area contributed by atoms with Gasteiger partial charge in [0.1, 0.15) is 6.33 Å². The largest absolute Gasteiger partial charge is 0.504 e. The van der Waals surface area contributed by atoms with Crippen molar-refractivity contribution in [2.75, 3.05) is 7.11 Å². The van der Waals surface area contributed by atoms with Crippen molar-refractivity contribution in [3.05, 3.63) is 36.8 Å². The monoisotopic (exact) mass is 202 g/mol. The van der Waals surface area contributed by atoms with E-state index in [9.17, 15) is 5.11 Å². The van der Waals surface area contributed by atoms with Gasteiger partial charge in [-0.15, -0.1) is 0 Å². The summed E-state index contributed by atoms with van der Waals surface area (Å²) in [6.45, 7) is 0. The van der Waals surface area contributed by atoms with Crippen LogP contribution in [0.5, 0.6) is 11.5 Å². The Hall–Kier alpha value is -2.10. The zero-order valence-electron chi connectivity index (χ0n) is 8.21. The number of hydrogen-bond acceptors (Lipinski definition) is 4. The first-order chi connectivity index (χ1) is 7.31. The summed E-state index contributed by atoms with van der Waals surface area (Å²) in [4.78, 5) is 7.95. The number of nitrogens with zero attached hydrogens (tertiary/aromatic N) is 2. The van der Waals surface area contributed by atoms with Crippen LogP contribution in [0, 0.1) is 0 Å². The number of rotatable bonds is 2. The maximum absolute atomic E-state index is 9.42. The van der Waals surface area contributed by atoms with Crippen molar-refractivity contribution in [1.29, 1.82) is 0 Å². The van der Waals surface area contributed by atoms with Gasteiger partial charge in [0.2, 0.25) is 0 Å². The fraction of sp³-hybridized carbons (Fsp3) is 0.0909. The molecule has 0 bridgehead atoms. The van der Waals surface area contributed by atoms with Crippen molar-refractivity contribution >= 4 is 0 Å². The van der Waals surface area contributed by atoms with Crippen LogP contribution in [0.25, 0.3) is 11.3 Å². The van der Waals surface area contributed by atoms with Crippen molar-refractivity contribution in [3.8, 4) is 22.8 Å². The first kappa shape index (κ1) is 9.45. The lowest BCUT2D eigenvalue weighted by atomic mass is 10.1. The normalized spacial score (nSPS) is 9.93. The van der Waals surface area contributed by atoms with Gasteiger partial charge in [-0.05, 0) is 24.3 Å². The molecule has 76 valence electrons. The Bertz CT molecular complexity index is 457. The highest BCUT2D eigenvalue weighted by Crippen LogP contribution is 2.30. The van der Waals surface area contributed by atoms with E-state index >= 15 is 0 Å². The molecule has 0 atom stereocenters. The maximum Gasteiger partial charge on any atom is 0.161 e. The van der Waals surface area contributed by atoms with Gasteiger partial charge in [-0.3, -0.25) is 0 Å². The van der Waals surface area contributed by atoms with Crippen molar-refractivity contribution < 1.29 is 9.84 Å². The molecule has 0 aliphatic carbocycles. The van der Waals surface area contributed by atoms with Gasteiger partial charge >= 0.3 is 0 Å². The molecule has 0 saturated carbocycles. The molecule has 4 nitrogen and oxygen atoms in total. The van der Waals surface area contributed by atoms with E-state index in [4.69, 9.17) is 4.74 Å². The third-order valence-electron chi connectivity index (χ3n) is 2.06. The molecular weight excluding hydrogens is 192 g/mol. The second kappa shape index (κ2) is 3.96. The van der Waals surface area contributed by atoms with Crippen molar-refractivity contribution in [2.24, 2.45) is 0 Å². The summed E-state index contributed by atoms with van der Waals surface area (Å²) < 4.78 is 5.01. The summed E-state index contributed by atoms with van der Waals surface area (Å²) in [7, 11) is 1.51. The van der Waals surface area contributed by atoms with Crippen LogP contribution in [-0.4, -0.2) is 22.2 Å². The van der Waals surface area contributed by atoms with Crippen LogP contribution in [0.15, 0.2) is 36.8 Å². The highest BCUT2D eigenvalue weighted by atomic mass is 16.5. The standard InChI is InChI=1S/C11H10N2O2/c1-15-11-6-8(2-3-10(11)14)9-4-5-12-7-13-9/h2-7,14H,1H3. The SMILES string of the molecule is COc1cc(-c2ccncn2)ccc1O. The molecule has 15 heavy (non-hydrogen) atoms. The number of aromatic hydroxyl groups is 1. The molecule has 0 fully saturated rings. The van der Waals surface area contributed by atoms with Gasteiger partial charge in [0.25, 0.3) is 0 Å². The minimum absolute atomic E-state index is 0.121. The third kappa shape index (κ3) is 1.88. The van der Waals surface area contributed by atoms with Gasteiger partial charge in [-0.25, -0.2) is 9.97 Å². The predicted molar refractivity (Wildman–Crippen MR) is 55.7 cm³/mol. The summed E-state index contributed by atoms with van der Waals surface area (Å²) in [5.41, 5.74) is 1.68. The molecule has 2 rings (SSSR count). The van der Waals surface area contributed by atoms with E-state index in [2.05, 4.69) is 9.97 Å². The molecule has 0 unspecified atom stereocenters. The lowest BCUT2D eigenvalue weighted by Crippen LogP contribution is -1.87. The summed E-state index contributed by atoms with van der Waals surface area (Å²) >= 11 is 0. The highest BCUT2D eigenvalue weighted by Gasteiger charge is 2.04.